The Morgan fingerprint density at radius 3 is 2.85 bits per heavy atom. The van der Waals surface area contributed by atoms with Crippen molar-refractivity contribution in [3.63, 3.8) is 0 Å². The molecule has 0 saturated heterocycles. The summed E-state index contributed by atoms with van der Waals surface area (Å²) < 4.78 is 0.578. The second kappa shape index (κ2) is 8.34. The number of anilines is 3. The number of nitrogens with one attached hydrogen (secondary N) is 2. The molecule has 1 aromatic heterocycles. The molecular weight excluding hydrogens is 408 g/mol. The smallest absolute Gasteiger partial charge is 0.229 e. The standard InChI is InChI=1S/C19H19BrN6O/c1-11-9-23-19(26-18(11)25-16-4-2-3-12(16)7-21)24-15-5-13(8-22)17(20)14(6-15)10-27/h5-6,9,12,16,27H,2-4,10H2,1H3,(H2,23,24,25,26)/t12-,16+/m0/s1. The molecule has 0 amide bonds. The first kappa shape index (κ1) is 19.1. The average Bonchev–Trinajstić information content (AvgIpc) is 3.12. The van der Waals surface area contributed by atoms with Crippen molar-refractivity contribution in [1.29, 1.82) is 10.5 Å². The van der Waals surface area contributed by atoms with Crippen LogP contribution >= 0.6 is 15.9 Å². The van der Waals surface area contributed by atoms with Crippen LogP contribution in [0.1, 0.15) is 36.0 Å². The fraction of sp³-hybridized carbons (Fsp3) is 0.368. The quantitative estimate of drug-likeness (QED) is 0.665. The number of nitrogens with zero attached hydrogens (tertiary/aromatic N) is 4. The van der Waals surface area contributed by atoms with Crippen molar-refractivity contribution in [1.82, 2.24) is 9.97 Å². The predicted molar refractivity (Wildman–Crippen MR) is 105 cm³/mol. The van der Waals surface area contributed by atoms with E-state index in [0.29, 0.717) is 33.1 Å². The summed E-state index contributed by atoms with van der Waals surface area (Å²) in [6.07, 6.45) is 4.60. The van der Waals surface area contributed by atoms with Gasteiger partial charge in [-0.1, -0.05) is 0 Å². The Morgan fingerprint density at radius 1 is 1.33 bits per heavy atom. The number of aryl methyl sites for hydroxylation is 1. The monoisotopic (exact) mass is 426 g/mol. The molecule has 0 spiro atoms. The summed E-state index contributed by atoms with van der Waals surface area (Å²) in [7, 11) is 0. The van der Waals surface area contributed by atoms with Gasteiger partial charge in [-0.2, -0.15) is 15.5 Å². The minimum Gasteiger partial charge on any atom is -0.392 e. The van der Waals surface area contributed by atoms with E-state index in [4.69, 9.17) is 0 Å². The van der Waals surface area contributed by atoms with Gasteiger partial charge >= 0.3 is 0 Å². The van der Waals surface area contributed by atoms with Crippen LogP contribution in [-0.2, 0) is 6.61 Å². The van der Waals surface area contributed by atoms with Gasteiger partial charge in [0, 0.05) is 28.0 Å². The number of aliphatic hydroxyl groups is 1. The lowest BCUT2D eigenvalue weighted by Gasteiger charge is -2.18. The van der Waals surface area contributed by atoms with Gasteiger partial charge in [0.1, 0.15) is 11.9 Å². The highest BCUT2D eigenvalue weighted by Crippen LogP contribution is 2.30. The number of halogens is 1. The van der Waals surface area contributed by atoms with E-state index in [1.165, 1.54) is 0 Å². The maximum Gasteiger partial charge on any atom is 0.229 e. The Hall–Kier alpha value is -2.68. The maximum absolute atomic E-state index is 9.48. The zero-order chi connectivity index (χ0) is 19.4. The summed E-state index contributed by atoms with van der Waals surface area (Å²) in [5, 5.41) is 34.5. The number of nitriles is 2. The Balaban J connectivity index is 1.85. The van der Waals surface area contributed by atoms with Crippen molar-refractivity contribution in [3.05, 3.63) is 39.5 Å². The molecule has 27 heavy (non-hydrogen) atoms. The number of aliphatic hydroxyl groups excluding tert-OH is 1. The number of hydrogen-bond donors (Lipinski definition) is 3. The summed E-state index contributed by atoms with van der Waals surface area (Å²) >= 11 is 3.33. The van der Waals surface area contributed by atoms with Gasteiger partial charge in [0.25, 0.3) is 0 Å². The molecule has 8 heteroatoms. The molecule has 1 aliphatic rings. The van der Waals surface area contributed by atoms with Crippen LogP contribution in [0.5, 0.6) is 0 Å². The van der Waals surface area contributed by atoms with Gasteiger partial charge in [0.2, 0.25) is 5.95 Å². The summed E-state index contributed by atoms with van der Waals surface area (Å²) in [6.45, 7) is 1.73. The summed E-state index contributed by atoms with van der Waals surface area (Å²) in [5.74, 6) is 1.07. The molecule has 1 aromatic carbocycles. The highest BCUT2D eigenvalue weighted by Gasteiger charge is 2.27. The lowest BCUT2D eigenvalue weighted by atomic mass is 10.1. The van der Waals surface area contributed by atoms with E-state index in [0.717, 1.165) is 24.8 Å². The molecule has 1 aliphatic carbocycles. The molecule has 1 saturated carbocycles. The van der Waals surface area contributed by atoms with E-state index in [1.54, 1.807) is 18.3 Å². The minimum absolute atomic E-state index is 0.00690. The third kappa shape index (κ3) is 4.19. The second-order valence-corrected chi connectivity index (χ2v) is 7.33. The zero-order valence-corrected chi connectivity index (χ0v) is 16.4. The molecule has 1 heterocycles. The molecule has 7 nitrogen and oxygen atoms in total. The number of benzene rings is 1. The van der Waals surface area contributed by atoms with Crippen molar-refractivity contribution in [3.8, 4) is 12.1 Å². The predicted octanol–water partition coefficient (Wildman–Crippen LogP) is 3.76. The summed E-state index contributed by atoms with van der Waals surface area (Å²) in [4.78, 5) is 8.83. The van der Waals surface area contributed by atoms with Crippen LogP contribution in [0.2, 0.25) is 0 Å². The largest absolute Gasteiger partial charge is 0.392 e. The maximum atomic E-state index is 9.48. The van der Waals surface area contributed by atoms with E-state index in [1.807, 2.05) is 6.92 Å². The summed E-state index contributed by atoms with van der Waals surface area (Å²) in [6, 6.07) is 7.95. The molecule has 0 bridgehead atoms. The molecule has 0 unspecified atom stereocenters. The number of rotatable bonds is 5. The van der Waals surface area contributed by atoms with Gasteiger partial charge in [-0.05, 0) is 59.8 Å². The molecule has 0 aliphatic heterocycles. The van der Waals surface area contributed by atoms with E-state index in [2.05, 4.69) is 48.7 Å². The van der Waals surface area contributed by atoms with Crippen molar-refractivity contribution >= 4 is 33.4 Å². The first-order chi connectivity index (χ1) is 13.0. The van der Waals surface area contributed by atoms with Crippen molar-refractivity contribution in [2.24, 2.45) is 5.92 Å². The van der Waals surface area contributed by atoms with Gasteiger partial charge in [-0.15, -0.1) is 0 Å². The van der Waals surface area contributed by atoms with Crippen LogP contribution in [0.25, 0.3) is 0 Å². The van der Waals surface area contributed by atoms with Crippen LogP contribution in [-0.4, -0.2) is 21.1 Å². The van der Waals surface area contributed by atoms with Crippen molar-refractivity contribution in [2.75, 3.05) is 10.6 Å². The Morgan fingerprint density at radius 2 is 2.15 bits per heavy atom. The highest BCUT2D eigenvalue weighted by molar-refractivity contribution is 9.10. The normalized spacial score (nSPS) is 18.6. The van der Waals surface area contributed by atoms with Crippen molar-refractivity contribution < 1.29 is 5.11 Å². The summed E-state index contributed by atoms with van der Waals surface area (Å²) in [5.41, 5.74) is 2.53. The molecular formula is C19H19BrN6O. The lowest BCUT2D eigenvalue weighted by molar-refractivity contribution is 0.281. The average molecular weight is 427 g/mol. The van der Waals surface area contributed by atoms with E-state index >= 15 is 0 Å². The Bertz CT molecular complexity index is 933. The van der Waals surface area contributed by atoms with Gasteiger partial charge in [-0.25, -0.2) is 4.98 Å². The Kier molecular flexibility index (Phi) is 5.90. The Labute approximate surface area is 166 Å². The van der Waals surface area contributed by atoms with E-state index in [9.17, 15) is 15.6 Å². The lowest BCUT2D eigenvalue weighted by Crippen LogP contribution is -2.24. The molecule has 2 atom stereocenters. The third-order valence-electron chi connectivity index (χ3n) is 4.67. The van der Waals surface area contributed by atoms with Crippen LogP contribution in [0.4, 0.5) is 17.5 Å². The molecule has 0 radical (unpaired) electrons. The van der Waals surface area contributed by atoms with Crippen LogP contribution in [0.15, 0.2) is 22.8 Å². The van der Waals surface area contributed by atoms with Crippen LogP contribution < -0.4 is 10.6 Å². The number of aromatic nitrogens is 2. The van der Waals surface area contributed by atoms with Crippen LogP contribution in [0.3, 0.4) is 0 Å². The SMILES string of the molecule is Cc1cnc(Nc2cc(C#N)c(Br)c(CO)c2)nc1N[C@@H]1CCC[C@H]1C#N. The fourth-order valence-electron chi connectivity index (χ4n) is 3.19. The van der Waals surface area contributed by atoms with Crippen LogP contribution in [0, 0.1) is 35.5 Å². The fourth-order valence-corrected chi connectivity index (χ4v) is 3.64. The second-order valence-electron chi connectivity index (χ2n) is 6.53. The van der Waals surface area contributed by atoms with Gasteiger partial charge < -0.3 is 15.7 Å². The number of hydrogen-bond acceptors (Lipinski definition) is 7. The molecule has 3 N–H and O–H groups in total. The minimum atomic E-state index is -0.191. The first-order valence-electron chi connectivity index (χ1n) is 8.66. The third-order valence-corrected chi connectivity index (χ3v) is 5.61. The van der Waals surface area contributed by atoms with Gasteiger partial charge in [0.15, 0.2) is 0 Å². The van der Waals surface area contributed by atoms with Gasteiger partial charge in [-0.3, -0.25) is 0 Å². The zero-order valence-electron chi connectivity index (χ0n) is 14.8. The molecule has 2 aromatic rings. The molecule has 1 fully saturated rings. The molecule has 3 rings (SSSR count). The topological polar surface area (TPSA) is 118 Å². The molecule has 138 valence electrons. The van der Waals surface area contributed by atoms with E-state index in [-0.39, 0.29) is 18.6 Å². The first-order valence-corrected chi connectivity index (χ1v) is 9.45. The van der Waals surface area contributed by atoms with Crippen molar-refractivity contribution in [2.45, 2.75) is 38.8 Å². The highest BCUT2D eigenvalue weighted by atomic mass is 79.9. The van der Waals surface area contributed by atoms with Gasteiger partial charge in [0.05, 0.1) is 24.2 Å². The van der Waals surface area contributed by atoms with E-state index < -0.39 is 0 Å².